The summed E-state index contributed by atoms with van der Waals surface area (Å²) >= 11 is 0. The Balaban J connectivity index is 2.31. The van der Waals surface area contributed by atoms with Crippen LogP contribution in [-0.4, -0.2) is 34.5 Å². The Labute approximate surface area is 210 Å². The van der Waals surface area contributed by atoms with Crippen LogP contribution in [0, 0.1) is 11.5 Å². The monoisotopic (exact) mass is 482 g/mol. The van der Waals surface area contributed by atoms with E-state index in [2.05, 4.69) is 61.9 Å². The molecule has 1 saturated carbocycles. The molecule has 0 radical (unpaired) electrons. The highest BCUT2D eigenvalue weighted by Gasteiger charge is 2.49. The average molecular weight is 483 g/mol. The number of hydrogen-bond donors (Lipinski definition) is 0. The summed E-state index contributed by atoms with van der Waals surface area (Å²) in [6.45, 7) is 10.7. The lowest BCUT2D eigenvalue weighted by atomic mass is 10.1. The summed E-state index contributed by atoms with van der Waals surface area (Å²) in [4.78, 5) is 0. The predicted octanol–water partition coefficient (Wildman–Crippen LogP) is 7.70. The van der Waals surface area contributed by atoms with E-state index in [0.29, 0.717) is 12.1 Å². The zero-order valence-electron chi connectivity index (χ0n) is 21.6. The third-order valence-corrected chi connectivity index (χ3v) is 10.2. The third-order valence-electron chi connectivity index (χ3n) is 6.64. The zero-order valence-corrected chi connectivity index (χ0v) is 22.6. The number of ether oxygens (including phenoxy) is 1. The van der Waals surface area contributed by atoms with Gasteiger partial charge in [0.1, 0.15) is 6.61 Å². The maximum absolute atomic E-state index is 7.10. The number of hydrogen-bond acceptors (Lipinski definition) is 3. The van der Waals surface area contributed by atoms with Crippen LogP contribution in [0.2, 0.25) is 5.54 Å². The molecule has 1 aromatic carbocycles. The molecule has 3 unspecified atom stereocenters. The van der Waals surface area contributed by atoms with Gasteiger partial charge >= 0.3 is 8.56 Å². The third kappa shape index (κ3) is 9.92. The first-order valence-electron chi connectivity index (χ1n) is 13.3. The molecule has 0 spiro atoms. The maximum Gasteiger partial charge on any atom is 0.427 e. The molecule has 0 saturated heterocycles. The standard InChI is InChI=1S/C30H46O3Si/c1-5-8-10-20-28(16-6-2)32-34(26-15-25-31-4,30-21-13-14-22-30)33-29(17-7-3)24-23-27-18-11-9-12-19-27/h6-7,9,11-12,18-19,28-30H,2-3,5,8,10,13-14,16-17,20-25H2,1,4H3. The number of rotatable bonds is 17. The Kier molecular flexibility index (Phi) is 14.2. The van der Waals surface area contributed by atoms with Crippen LogP contribution >= 0.6 is 0 Å². The number of aryl methyl sites for hydroxylation is 1. The van der Waals surface area contributed by atoms with Gasteiger partial charge in [0.05, 0.1) is 12.2 Å². The second kappa shape index (κ2) is 16.9. The molecule has 0 aromatic heterocycles. The summed E-state index contributed by atoms with van der Waals surface area (Å²) in [5.74, 6) is 3.28. The molecule has 3 nitrogen and oxygen atoms in total. The second-order valence-electron chi connectivity index (χ2n) is 9.43. The van der Waals surface area contributed by atoms with Gasteiger partial charge in [0.2, 0.25) is 0 Å². The molecular formula is C30H46O3Si. The van der Waals surface area contributed by atoms with Crippen molar-refractivity contribution in [2.75, 3.05) is 13.7 Å². The van der Waals surface area contributed by atoms with Crippen molar-refractivity contribution in [2.24, 2.45) is 0 Å². The molecule has 188 valence electrons. The van der Waals surface area contributed by atoms with E-state index < -0.39 is 8.56 Å². The summed E-state index contributed by atoms with van der Waals surface area (Å²) in [7, 11) is -1.14. The van der Waals surface area contributed by atoms with Gasteiger partial charge in [-0.3, -0.25) is 0 Å². The van der Waals surface area contributed by atoms with Crippen LogP contribution in [0.4, 0.5) is 0 Å². The Morgan fingerprint density at radius 1 is 1.00 bits per heavy atom. The van der Waals surface area contributed by atoms with Crippen molar-refractivity contribution in [1.82, 2.24) is 0 Å². The summed E-state index contributed by atoms with van der Waals surface area (Å²) in [6.07, 6.45) is 17.1. The van der Waals surface area contributed by atoms with Crippen LogP contribution in [0.5, 0.6) is 0 Å². The van der Waals surface area contributed by atoms with E-state index in [1.165, 1.54) is 37.7 Å². The van der Waals surface area contributed by atoms with Crippen molar-refractivity contribution in [1.29, 1.82) is 0 Å². The van der Waals surface area contributed by atoms with E-state index in [0.717, 1.165) is 44.9 Å². The molecular weight excluding hydrogens is 436 g/mol. The fraction of sp³-hybridized carbons (Fsp3) is 0.600. The summed E-state index contributed by atoms with van der Waals surface area (Å²) in [5.41, 5.74) is 5.33. The molecule has 1 aromatic rings. The number of unbranched alkanes of at least 4 members (excludes halogenated alkanes) is 2. The van der Waals surface area contributed by atoms with E-state index in [1.807, 2.05) is 12.2 Å². The van der Waals surface area contributed by atoms with Crippen molar-refractivity contribution >= 4 is 8.56 Å². The Morgan fingerprint density at radius 2 is 1.65 bits per heavy atom. The minimum atomic E-state index is -2.84. The Bertz CT molecular complexity index is 747. The minimum Gasteiger partial charge on any atom is -0.382 e. The van der Waals surface area contributed by atoms with Gasteiger partial charge in [-0.2, -0.15) is 0 Å². The zero-order chi connectivity index (χ0) is 24.5. The molecule has 0 aliphatic heterocycles. The first-order valence-corrected chi connectivity index (χ1v) is 15.2. The highest BCUT2D eigenvalue weighted by Crippen LogP contribution is 2.42. The van der Waals surface area contributed by atoms with Crippen LogP contribution in [0.15, 0.2) is 55.6 Å². The molecule has 0 bridgehead atoms. The summed E-state index contributed by atoms with van der Waals surface area (Å²) < 4.78 is 19.5. The van der Waals surface area contributed by atoms with E-state index in [-0.39, 0.29) is 12.2 Å². The minimum absolute atomic E-state index is 0.0573. The van der Waals surface area contributed by atoms with Crippen molar-refractivity contribution in [2.45, 2.75) is 102 Å². The fourth-order valence-corrected chi connectivity index (χ4v) is 8.50. The van der Waals surface area contributed by atoms with Gasteiger partial charge in [-0.1, -0.05) is 93.0 Å². The smallest absolute Gasteiger partial charge is 0.382 e. The van der Waals surface area contributed by atoms with Gasteiger partial charge in [0, 0.05) is 12.7 Å². The molecule has 3 atom stereocenters. The maximum atomic E-state index is 7.10. The van der Waals surface area contributed by atoms with Crippen molar-refractivity contribution in [3.8, 4) is 11.5 Å². The van der Waals surface area contributed by atoms with Crippen molar-refractivity contribution in [3.05, 3.63) is 61.2 Å². The SMILES string of the molecule is C=CCC(CCCCC)O[Si](C#CCOC)(OC(CC=C)CCc1ccccc1)C1CCCC1. The molecule has 1 aliphatic rings. The van der Waals surface area contributed by atoms with Gasteiger partial charge in [0.25, 0.3) is 0 Å². The van der Waals surface area contributed by atoms with E-state index in [1.54, 1.807) is 7.11 Å². The summed E-state index contributed by atoms with van der Waals surface area (Å²) in [5, 5.41) is 0. The van der Waals surface area contributed by atoms with E-state index in [4.69, 9.17) is 13.6 Å². The highest BCUT2D eigenvalue weighted by atomic mass is 28.4. The first-order chi connectivity index (χ1) is 16.7. The van der Waals surface area contributed by atoms with Crippen LogP contribution in [0.3, 0.4) is 0 Å². The molecule has 0 N–H and O–H groups in total. The molecule has 1 fully saturated rings. The predicted molar refractivity (Wildman–Crippen MR) is 146 cm³/mol. The topological polar surface area (TPSA) is 27.7 Å². The lowest BCUT2D eigenvalue weighted by Gasteiger charge is -2.37. The quantitative estimate of drug-likeness (QED) is 0.0985. The van der Waals surface area contributed by atoms with Crippen molar-refractivity contribution < 1.29 is 13.6 Å². The van der Waals surface area contributed by atoms with Crippen LogP contribution in [0.1, 0.15) is 83.1 Å². The molecule has 1 aliphatic carbocycles. The second-order valence-corrected chi connectivity index (χ2v) is 12.3. The Morgan fingerprint density at radius 3 is 2.24 bits per heavy atom. The van der Waals surface area contributed by atoms with E-state index in [9.17, 15) is 0 Å². The molecule has 34 heavy (non-hydrogen) atoms. The Hall–Kier alpha value is -1.64. The molecule has 4 heteroatoms. The van der Waals surface area contributed by atoms with E-state index >= 15 is 0 Å². The van der Waals surface area contributed by atoms with Crippen LogP contribution in [-0.2, 0) is 20.0 Å². The van der Waals surface area contributed by atoms with Gasteiger partial charge in [-0.15, -0.1) is 13.2 Å². The average Bonchev–Trinajstić information content (AvgIpc) is 3.39. The summed E-state index contributed by atoms with van der Waals surface area (Å²) in [6, 6.07) is 10.7. The molecule has 0 amide bonds. The molecule has 2 rings (SSSR count). The lowest BCUT2D eigenvalue weighted by molar-refractivity contribution is 0.0730. The first kappa shape index (κ1) is 28.6. The lowest BCUT2D eigenvalue weighted by Crippen LogP contribution is -2.50. The largest absolute Gasteiger partial charge is 0.427 e. The van der Waals surface area contributed by atoms with Gasteiger partial charge in [0.15, 0.2) is 0 Å². The number of methoxy groups -OCH3 is 1. The van der Waals surface area contributed by atoms with Gasteiger partial charge in [-0.25, -0.2) is 0 Å². The van der Waals surface area contributed by atoms with Crippen molar-refractivity contribution in [3.63, 3.8) is 0 Å². The number of benzene rings is 1. The highest BCUT2D eigenvalue weighted by molar-refractivity contribution is 6.77. The van der Waals surface area contributed by atoms with Gasteiger partial charge in [-0.05, 0) is 50.5 Å². The van der Waals surface area contributed by atoms with Gasteiger partial charge < -0.3 is 13.6 Å². The van der Waals surface area contributed by atoms with Crippen LogP contribution < -0.4 is 0 Å². The van der Waals surface area contributed by atoms with Crippen LogP contribution in [0.25, 0.3) is 0 Å². The fourth-order valence-electron chi connectivity index (χ4n) is 4.83. The molecule has 0 heterocycles. The normalized spacial score (nSPS) is 17.4.